The molecule has 14 nitrogen and oxygen atoms in total. The molecule has 1 aromatic rings. The highest BCUT2D eigenvalue weighted by molar-refractivity contribution is 7.46. The summed E-state index contributed by atoms with van der Waals surface area (Å²) in [6.45, 7) is 0.312. The molecule has 1 amide bonds. The van der Waals surface area contributed by atoms with Crippen LogP contribution in [0.2, 0.25) is 0 Å². The van der Waals surface area contributed by atoms with Gasteiger partial charge >= 0.3 is 7.82 Å². The fraction of sp³-hybridized carbons (Fsp3) is 0.583. The number of aliphatic hydroxyl groups excluding tert-OH is 2. The molecule has 0 bridgehead atoms. The second-order valence-electron chi connectivity index (χ2n) is 6.01. The number of fused-ring (bicyclic) bond motifs is 1. The highest BCUT2D eigenvalue weighted by atomic mass is 31.2. The molecule has 27 heavy (non-hydrogen) atoms. The van der Waals surface area contributed by atoms with Crippen molar-refractivity contribution in [3.05, 3.63) is 10.4 Å². The number of H-pyrrole nitrogens is 1. The van der Waals surface area contributed by atoms with Crippen LogP contribution in [0.1, 0.15) is 6.92 Å². The van der Waals surface area contributed by atoms with Gasteiger partial charge in [-0.1, -0.05) is 0 Å². The molecular weight excluding hydrogens is 389 g/mol. The number of rotatable bonds is 4. The van der Waals surface area contributed by atoms with E-state index in [9.17, 15) is 24.4 Å². The van der Waals surface area contributed by atoms with Gasteiger partial charge in [-0.3, -0.25) is 24.0 Å². The van der Waals surface area contributed by atoms with Crippen molar-refractivity contribution >= 4 is 31.2 Å². The van der Waals surface area contributed by atoms with Crippen LogP contribution >= 0.6 is 7.82 Å². The number of carbonyl (C=O) groups is 1. The lowest BCUT2D eigenvalue weighted by Gasteiger charge is -2.27. The first kappa shape index (κ1) is 19.7. The van der Waals surface area contributed by atoms with Crippen LogP contribution in [0.5, 0.6) is 0 Å². The predicted octanol–water partition coefficient (Wildman–Crippen LogP) is -2.96. The van der Waals surface area contributed by atoms with Crippen LogP contribution in [0.3, 0.4) is 0 Å². The number of aliphatic hydroxyl groups is 2. The number of anilines is 3. The Kier molecular flexibility index (Phi) is 4.98. The largest absolute Gasteiger partial charge is 0.469 e. The maximum absolute atomic E-state index is 12.2. The summed E-state index contributed by atoms with van der Waals surface area (Å²) in [4.78, 5) is 50.1. The third-order valence-corrected chi connectivity index (χ3v) is 4.65. The molecule has 3 heterocycles. The monoisotopic (exact) mass is 407 g/mol. The van der Waals surface area contributed by atoms with Crippen LogP contribution in [0.4, 0.5) is 17.5 Å². The molecule has 7 N–H and O–H groups in total. The van der Waals surface area contributed by atoms with Crippen LogP contribution in [-0.4, -0.2) is 73.7 Å². The number of amides is 1. The first-order valence-corrected chi connectivity index (χ1v) is 9.19. The van der Waals surface area contributed by atoms with Crippen LogP contribution in [-0.2, 0) is 18.6 Å². The van der Waals surface area contributed by atoms with Crippen molar-refractivity contribution in [3.63, 3.8) is 0 Å². The molecule has 4 atom stereocenters. The summed E-state index contributed by atoms with van der Waals surface area (Å²) in [5.41, 5.74) is 4.77. The summed E-state index contributed by atoms with van der Waals surface area (Å²) in [5.74, 6) is -0.756. The molecule has 1 saturated heterocycles. The average Bonchev–Trinajstić information content (AvgIpc) is 3.04. The van der Waals surface area contributed by atoms with Crippen molar-refractivity contribution in [1.29, 1.82) is 0 Å². The highest BCUT2D eigenvalue weighted by Crippen LogP contribution is 2.39. The van der Waals surface area contributed by atoms with E-state index in [0.29, 0.717) is 0 Å². The third-order valence-electron chi connectivity index (χ3n) is 4.16. The summed E-state index contributed by atoms with van der Waals surface area (Å²) in [7, 11) is -4.81. The van der Waals surface area contributed by atoms with Crippen LogP contribution in [0.15, 0.2) is 4.79 Å². The number of hydrogen-bond acceptors (Lipinski definition) is 10. The van der Waals surface area contributed by atoms with E-state index in [-0.39, 0.29) is 24.1 Å². The second-order valence-corrected chi connectivity index (χ2v) is 7.25. The quantitative estimate of drug-likeness (QED) is 0.276. The summed E-state index contributed by atoms with van der Waals surface area (Å²) in [6, 6.07) is 0. The normalized spacial score (nSPS) is 27.9. The number of aromatic nitrogens is 2. The minimum atomic E-state index is -4.81. The first-order chi connectivity index (χ1) is 12.5. The lowest BCUT2D eigenvalue weighted by molar-refractivity contribution is -0.116. The van der Waals surface area contributed by atoms with Gasteiger partial charge in [0.05, 0.1) is 6.61 Å². The van der Waals surface area contributed by atoms with E-state index in [4.69, 9.17) is 20.3 Å². The summed E-state index contributed by atoms with van der Waals surface area (Å²) >= 11 is 0. The SMILES string of the molecule is CC(=O)N1CN([C@@H]2O[C@H](COP(=O)(O)O)[C@@H](O)[C@H]2O)c2nc(N)[nH]c(=O)c21. The number of aromatic amines is 1. The standard InChI is InChI=1S/C12H18N5O9P/c1-4(18)16-3-17(9-6(16)10(21)15-12(13)14-9)11-8(20)7(19)5(26-11)2-25-27(22,23)24/h5,7-8,11,19-20H,2-3H2,1H3,(H2,22,23,24)(H3,13,14,15,21)/t5-,7-,8-,11-/m1/s1. The summed E-state index contributed by atoms with van der Waals surface area (Å²) in [5, 5.41) is 20.4. The second kappa shape index (κ2) is 6.83. The minimum absolute atomic E-state index is 0.0424. The Morgan fingerprint density at radius 2 is 2.11 bits per heavy atom. The van der Waals surface area contributed by atoms with E-state index >= 15 is 0 Å². The number of nitrogens with one attached hydrogen (secondary N) is 1. The Labute approximate surface area is 151 Å². The topological polar surface area (TPSA) is 212 Å². The molecule has 0 aromatic carbocycles. The molecule has 0 saturated carbocycles. The maximum Gasteiger partial charge on any atom is 0.469 e. The molecule has 1 aromatic heterocycles. The van der Waals surface area contributed by atoms with E-state index in [0.717, 1.165) is 4.90 Å². The number of nitrogens with zero attached hydrogens (tertiary/aromatic N) is 3. The van der Waals surface area contributed by atoms with Crippen LogP contribution in [0.25, 0.3) is 0 Å². The van der Waals surface area contributed by atoms with E-state index in [1.54, 1.807) is 0 Å². The van der Waals surface area contributed by atoms with E-state index in [2.05, 4.69) is 14.5 Å². The smallest absolute Gasteiger partial charge is 0.387 e. The van der Waals surface area contributed by atoms with Gasteiger partial charge in [-0.25, -0.2) is 4.57 Å². The van der Waals surface area contributed by atoms with Gasteiger partial charge in [-0.05, 0) is 0 Å². The Hall–Kier alpha value is -2.06. The molecule has 0 radical (unpaired) electrons. The number of hydrogen-bond donors (Lipinski definition) is 6. The van der Waals surface area contributed by atoms with Gasteiger partial charge in [0.2, 0.25) is 11.9 Å². The molecule has 3 rings (SSSR count). The van der Waals surface area contributed by atoms with E-state index in [1.165, 1.54) is 11.8 Å². The van der Waals surface area contributed by atoms with Crippen LogP contribution in [0, 0.1) is 0 Å². The molecule has 0 unspecified atom stereocenters. The molecule has 0 spiro atoms. The molecular formula is C12H18N5O9P. The molecule has 2 aliphatic rings. The number of carbonyl (C=O) groups excluding carboxylic acids is 1. The van der Waals surface area contributed by atoms with Gasteiger partial charge in [-0.2, -0.15) is 4.98 Å². The number of phosphoric acid groups is 1. The van der Waals surface area contributed by atoms with Gasteiger partial charge < -0.3 is 35.4 Å². The van der Waals surface area contributed by atoms with Gasteiger partial charge in [0.15, 0.2) is 17.7 Å². The number of ether oxygens (including phenoxy) is 1. The van der Waals surface area contributed by atoms with Crippen molar-refractivity contribution in [2.24, 2.45) is 0 Å². The Morgan fingerprint density at radius 3 is 2.70 bits per heavy atom. The van der Waals surface area contributed by atoms with E-state index in [1.807, 2.05) is 0 Å². The lowest BCUT2D eigenvalue weighted by Crippen LogP contribution is -2.46. The zero-order valence-corrected chi connectivity index (χ0v) is 14.8. The fourth-order valence-corrected chi connectivity index (χ4v) is 3.30. The van der Waals surface area contributed by atoms with Crippen molar-refractivity contribution in [2.75, 3.05) is 28.8 Å². The van der Waals surface area contributed by atoms with Crippen molar-refractivity contribution in [1.82, 2.24) is 9.97 Å². The summed E-state index contributed by atoms with van der Waals surface area (Å²) < 4.78 is 20.6. The zero-order valence-electron chi connectivity index (χ0n) is 13.9. The van der Waals surface area contributed by atoms with Crippen molar-refractivity contribution in [2.45, 2.75) is 31.5 Å². The molecule has 150 valence electrons. The molecule has 15 heteroatoms. The van der Waals surface area contributed by atoms with Crippen molar-refractivity contribution in [3.8, 4) is 0 Å². The van der Waals surface area contributed by atoms with Gasteiger partial charge in [0.1, 0.15) is 25.0 Å². The first-order valence-electron chi connectivity index (χ1n) is 7.66. The number of nitrogens with two attached hydrogens (primary N) is 1. The van der Waals surface area contributed by atoms with Crippen LogP contribution < -0.4 is 21.1 Å². The number of nitrogen functional groups attached to an aromatic ring is 1. The lowest BCUT2D eigenvalue weighted by atomic mass is 10.1. The third kappa shape index (κ3) is 3.68. The Balaban J connectivity index is 1.90. The molecule has 0 aliphatic carbocycles. The number of phosphoric ester groups is 1. The predicted molar refractivity (Wildman–Crippen MR) is 88.4 cm³/mol. The highest BCUT2D eigenvalue weighted by Gasteiger charge is 2.49. The Bertz CT molecular complexity index is 856. The minimum Gasteiger partial charge on any atom is -0.387 e. The molecule has 1 fully saturated rings. The van der Waals surface area contributed by atoms with Gasteiger partial charge in [0.25, 0.3) is 5.56 Å². The van der Waals surface area contributed by atoms with Gasteiger partial charge in [0, 0.05) is 6.92 Å². The van der Waals surface area contributed by atoms with E-state index < -0.39 is 50.4 Å². The maximum atomic E-state index is 12.2. The van der Waals surface area contributed by atoms with Crippen molar-refractivity contribution < 1.29 is 38.6 Å². The average molecular weight is 407 g/mol. The zero-order chi connectivity index (χ0) is 20.1. The fourth-order valence-electron chi connectivity index (χ4n) is 2.96. The Morgan fingerprint density at radius 1 is 1.44 bits per heavy atom. The van der Waals surface area contributed by atoms with Gasteiger partial charge in [-0.15, -0.1) is 0 Å². The molecule has 2 aliphatic heterocycles. The summed E-state index contributed by atoms with van der Waals surface area (Å²) in [6.07, 6.45) is -5.64.